The van der Waals surface area contributed by atoms with E-state index >= 15 is 0 Å². The zero-order valence-electron chi connectivity index (χ0n) is 10.4. The van der Waals surface area contributed by atoms with Gasteiger partial charge in [-0.3, -0.25) is 4.79 Å². The lowest BCUT2D eigenvalue weighted by atomic mass is 10.2. The second-order valence-corrected chi connectivity index (χ2v) is 3.86. The molecular formula is C13H13NO4. The maximum absolute atomic E-state index is 11.7. The quantitative estimate of drug-likeness (QED) is 0.778. The summed E-state index contributed by atoms with van der Waals surface area (Å²) in [5.41, 5.74) is 0.841. The molecule has 0 aliphatic carbocycles. The molecule has 0 spiro atoms. The summed E-state index contributed by atoms with van der Waals surface area (Å²) in [4.78, 5) is 23.3. The number of methoxy groups -OCH3 is 1. The Hall–Kier alpha value is -2.30. The van der Waals surface area contributed by atoms with Crippen LogP contribution in [0.2, 0.25) is 0 Å². The van der Waals surface area contributed by atoms with Gasteiger partial charge in [-0.25, -0.2) is 9.36 Å². The van der Waals surface area contributed by atoms with Crippen LogP contribution in [0.3, 0.4) is 0 Å². The molecule has 0 bridgehead atoms. The Morgan fingerprint density at radius 3 is 2.39 bits per heavy atom. The molecule has 1 aromatic heterocycles. The summed E-state index contributed by atoms with van der Waals surface area (Å²) >= 11 is 0. The molecule has 0 aliphatic heterocycles. The molecule has 0 radical (unpaired) electrons. The number of oxazole rings is 1. The Labute approximate surface area is 104 Å². The van der Waals surface area contributed by atoms with Gasteiger partial charge in [-0.05, 0) is 31.2 Å². The van der Waals surface area contributed by atoms with E-state index in [9.17, 15) is 9.59 Å². The summed E-state index contributed by atoms with van der Waals surface area (Å²) < 4.78 is 11.3. The summed E-state index contributed by atoms with van der Waals surface area (Å²) in [5, 5.41) is 0. The zero-order chi connectivity index (χ0) is 13.3. The van der Waals surface area contributed by atoms with Crippen LogP contribution in [0.5, 0.6) is 5.75 Å². The summed E-state index contributed by atoms with van der Waals surface area (Å²) in [6.07, 6.45) is 0. The number of rotatable bonds is 3. The third-order valence-electron chi connectivity index (χ3n) is 2.64. The highest BCUT2D eigenvalue weighted by molar-refractivity contribution is 5.93. The van der Waals surface area contributed by atoms with Gasteiger partial charge in [-0.15, -0.1) is 0 Å². The van der Waals surface area contributed by atoms with Gasteiger partial charge in [0.2, 0.25) is 0 Å². The van der Waals surface area contributed by atoms with Crippen LogP contribution in [0.25, 0.3) is 5.69 Å². The third-order valence-corrected chi connectivity index (χ3v) is 2.64. The van der Waals surface area contributed by atoms with Crippen molar-refractivity contribution in [3.63, 3.8) is 0 Å². The second kappa shape index (κ2) is 4.52. The van der Waals surface area contributed by atoms with E-state index < -0.39 is 5.76 Å². The van der Waals surface area contributed by atoms with E-state index in [1.165, 1.54) is 11.5 Å². The molecule has 1 aromatic carbocycles. The van der Waals surface area contributed by atoms with Gasteiger partial charge in [0, 0.05) is 6.92 Å². The highest BCUT2D eigenvalue weighted by Gasteiger charge is 2.18. The van der Waals surface area contributed by atoms with Crippen LogP contribution in [0.15, 0.2) is 33.5 Å². The standard InChI is InChI=1S/C13H13NO4/c1-8(15)12-9(2)18-13(16)14(12)10-4-6-11(17-3)7-5-10/h4-7H,1-3H3. The normalized spacial score (nSPS) is 10.4. The number of benzene rings is 1. The first-order valence-electron chi connectivity index (χ1n) is 5.42. The number of carbonyl (C=O) groups excluding carboxylic acids is 1. The summed E-state index contributed by atoms with van der Waals surface area (Å²) in [6.45, 7) is 3.00. The molecule has 5 nitrogen and oxygen atoms in total. The highest BCUT2D eigenvalue weighted by Crippen LogP contribution is 2.17. The van der Waals surface area contributed by atoms with E-state index in [1.807, 2.05) is 0 Å². The molecule has 0 saturated heterocycles. The largest absolute Gasteiger partial charge is 0.497 e. The molecule has 1 heterocycles. The summed E-state index contributed by atoms with van der Waals surface area (Å²) in [5.74, 6) is 0.219. The van der Waals surface area contributed by atoms with Crippen molar-refractivity contribution in [3.8, 4) is 11.4 Å². The van der Waals surface area contributed by atoms with Gasteiger partial charge in [0.15, 0.2) is 5.78 Å². The highest BCUT2D eigenvalue weighted by atomic mass is 16.5. The molecule has 94 valence electrons. The van der Waals surface area contributed by atoms with Gasteiger partial charge in [0.05, 0.1) is 12.8 Å². The molecule has 0 fully saturated rings. The number of hydrogen-bond acceptors (Lipinski definition) is 4. The fourth-order valence-corrected chi connectivity index (χ4v) is 1.84. The van der Waals surface area contributed by atoms with Crippen LogP contribution < -0.4 is 10.5 Å². The summed E-state index contributed by atoms with van der Waals surface area (Å²) in [6, 6.07) is 6.82. The molecule has 2 aromatic rings. The number of ketones is 1. The Morgan fingerprint density at radius 2 is 1.89 bits per heavy atom. The first-order chi connectivity index (χ1) is 8.54. The fraction of sp³-hybridized carbons (Fsp3) is 0.231. The first-order valence-corrected chi connectivity index (χ1v) is 5.42. The molecule has 5 heteroatoms. The number of aromatic nitrogens is 1. The molecule has 0 N–H and O–H groups in total. The molecule has 0 atom stereocenters. The fourth-order valence-electron chi connectivity index (χ4n) is 1.84. The number of nitrogens with zero attached hydrogens (tertiary/aromatic N) is 1. The van der Waals surface area contributed by atoms with E-state index in [2.05, 4.69) is 0 Å². The van der Waals surface area contributed by atoms with E-state index in [0.29, 0.717) is 17.2 Å². The Morgan fingerprint density at radius 1 is 1.28 bits per heavy atom. The van der Waals surface area contributed by atoms with Crippen molar-refractivity contribution in [3.05, 3.63) is 46.3 Å². The molecule has 0 unspecified atom stereocenters. The average Bonchev–Trinajstić information content (AvgIpc) is 2.64. The molecule has 0 saturated carbocycles. The molecule has 18 heavy (non-hydrogen) atoms. The van der Waals surface area contributed by atoms with Crippen LogP contribution in [-0.2, 0) is 0 Å². The second-order valence-electron chi connectivity index (χ2n) is 3.86. The van der Waals surface area contributed by atoms with Gasteiger partial charge < -0.3 is 9.15 Å². The first kappa shape index (κ1) is 12.2. The molecular weight excluding hydrogens is 234 g/mol. The predicted octanol–water partition coefficient (Wildman–Crippen LogP) is 1.95. The van der Waals surface area contributed by atoms with Gasteiger partial charge in [0.1, 0.15) is 17.2 Å². The minimum absolute atomic E-state index is 0.214. The Kier molecular flexibility index (Phi) is 3.06. The number of Topliss-reactive ketones (excluding diaryl/α,β-unsaturated/α-hetero) is 1. The lowest BCUT2D eigenvalue weighted by Gasteiger charge is -2.05. The summed E-state index contributed by atoms with van der Waals surface area (Å²) in [7, 11) is 1.56. The minimum Gasteiger partial charge on any atom is -0.497 e. The molecule has 0 aliphatic rings. The van der Waals surface area contributed by atoms with E-state index in [1.54, 1.807) is 38.3 Å². The zero-order valence-corrected chi connectivity index (χ0v) is 10.4. The van der Waals surface area contributed by atoms with E-state index in [4.69, 9.17) is 9.15 Å². The van der Waals surface area contributed by atoms with Crippen molar-refractivity contribution >= 4 is 5.78 Å². The minimum atomic E-state index is -0.567. The lowest BCUT2D eigenvalue weighted by molar-refractivity contribution is 0.101. The SMILES string of the molecule is COc1ccc(-n2c(C(C)=O)c(C)oc2=O)cc1. The number of hydrogen-bond donors (Lipinski definition) is 0. The number of carbonyl (C=O) groups is 1. The van der Waals surface area contributed by atoms with Crippen LogP contribution in [-0.4, -0.2) is 17.5 Å². The van der Waals surface area contributed by atoms with Gasteiger partial charge in [0.25, 0.3) is 0 Å². The van der Waals surface area contributed by atoms with Crippen molar-refractivity contribution in [2.75, 3.05) is 7.11 Å². The monoisotopic (exact) mass is 247 g/mol. The van der Waals surface area contributed by atoms with Crippen molar-refractivity contribution in [2.45, 2.75) is 13.8 Å². The number of aryl methyl sites for hydroxylation is 1. The van der Waals surface area contributed by atoms with Crippen LogP contribution in [0.1, 0.15) is 23.2 Å². The maximum Gasteiger partial charge on any atom is 0.424 e. The van der Waals surface area contributed by atoms with Crippen LogP contribution in [0.4, 0.5) is 0 Å². The van der Waals surface area contributed by atoms with Gasteiger partial charge in [-0.2, -0.15) is 0 Å². The predicted molar refractivity (Wildman–Crippen MR) is 65.6 cm³/mol. The van der Waals surface area contributed by atoms with E-state index in [-0.39, 0.29) is 11.5 Å². The smallest absolute Gasteiger partial charge is 0.424 e. The van der Waals surface area contributed by atoms with Crippen molar-refractivity contribution in [1.82, 2.24) is 4.57 Å². The average molecular weight is 247 g/mol. The lowest BCUT2D eigenvalue weighted by Crippen LogP contribution is -2.16. The van der Waals surface area contributed by atoms with E-state index in [0.717, 1.165) is 0 Å². The number of ether oxygens (including phenoxy) is 1. The Balaban J connectivity index is 2.62. The maximum atomic E-state index is 11.7. The van der Waals surface area contributed by atoms with Crippen LogP contribution >= 0.6 is 0 Å². The van der Waals surface area contributed by atoms with Crippen molar-refractivity contribution in [1.29, 1.82) is 0 Å². The Bertz CT molecular complexity index is 634. The van der Waals surface area contributed by atoms with Gasteiger partial charge in [-0.1, -0.05) is 0 Å². The topological polar surface area (TPSA) is 61.4 Å². The third kappa shape index (κ3) is 1.95. The van der Waals surface area contributed by atoms with Gasteiger partial charge >= 0.3 is 5.76 Å². The molecule has 0 amide bonds. The van der Waals surface area contributed by atoms with Crippen molar-refractivity contribution in [2.24, 2.45) is 0 Å². The van der Waals surface area contributed by atoms with Crippen LogP contribution in [0, 0.1) is 6.92 Å². The molecule has 2 rings (SSSR count). The van der Waals surface area contributed by atoms with Crippen molar-refractivity contribution < 1.29 is 13.9 Å².